The Morgan fingerprint density at radius 3 is 2.25 bits per heavy atom. The first kappa shape index (κ1) is 14.9. The molecule has 0 saturated heterocycles. The highest BCUT2D eigenvalue weighted by molar-refractivity contribution is 5.71. The third-order valence-corrected chi connectivity index (χ3v) is 2.72. The summed E-state index contributed by atoms with van der Waals surface area (Å²) in [6.45, 7) is 7.42. The van der Waals surface area contributed by atoms with E-state index in [2.05, 4.69) is 4.74 Å². The van der Waals surface area contributed by atoms with Crippen LogP contribution in [0, 0.1) is 5.92 Å². The highest BCUT2D eigenvalue weighted by Crippen LogP contribution is 2.25. The van der Waals surface area contributed by atoms with Crippen LogP contribution < -0.4 is 0 Å². The molecule has 0 spiro atoms. The number of hydrogen-bond acceptors (Lipinski definition) is 4. The van der Waals surface area contributed by atoms with Gasteiger partial charge in [-0.1, -0.05) is 13.8 Å². The summed E-state index contributed by atoms with van der Waals surface area (Å²) >= 11 is 0. The summed E-state index contributed by atoms with van der Waals surface area (Å²) < 4.78 is 9.93. The predicted octanol–water partition coefficient (Wildman–Crippen LogP) is 2.31. The quantitative estimate of drug-likeness (QED) is 0.657. The smallest absolute Gasteiger partial charge is 0.306 e. The van der Waals surface area contributed by atoms with Crippen LogP contribution in [0.2, 0.25) is 0 Å². The Morgan fingerprint density at radius 1 is 1.25 bits per heavy atom. The van der Waals surface area contributed by atoms with Crippen LogP contribution in [0.1, 0.15) is 47.0 Å². The molecule has 0 heterocycles. The minimum Gasteiger partial charge on any atom is -0.469 e. The van der Waals surface area contributed by atoms with Crippen LogP contribution in [0.4, 0.5) is 0 Å². The minimum absolute atomic E-state index is 0.0687. The van der Waals surface area contributed by atoms with Crippen LogP contribution in [0.3, 0.4) is 0 Å². The van der Waals surface area contributed by atoms with Crippen molar-refractivity contribution < 1.29 is 19.1 Å². The molecule has 0 aliphatic rings. The third-order valence-electron chi connectivity index (χ3n) is 2.72. The molecule has 94 valence electrons. The Bertz CT molecular complexity index is 245. The van der Waals surface area contributed by atoms with Crippen molar-refractivity contribution in [2.75, 3.05) is 7.11 Å². The first-order valence-electron chi connectivity index (χ1n) is 5.62. The number of hydrogen-bond donors (Lipinski definition) is 0. The Balaban J connectivity index is 4.29. The van der Waals surface area contributed by atoms with Gasteiger partial charge in [0.1, 0.15) is 5.60 Å². The van der Waals surface area contributed by atoms with E-state index in [0.29, 0.717) is 6.42 Å². The minimum atomic E-state index is -0.638. The molecule has 0 aromatic rings. The van der Waals surface area contributed by atoms with Crippen LogP contribution in [-0.2, 0) is 19.1 Å². The standard InChI is InChI=1S/C12H22O4/c1-6-7-10(13)16-12(3,4)9(2)8-11(14)15-5/h9H,6-8H2,1-5H3. The van der Waals surface area contributed by atoms with Crippen LogP contribution in [-0.4, -0.2) is 24.6 Å². The van der Waals surface area contributed by atoms with Crippen molar-refractivity contribution in [2.24, 2.45) is 5.92 Å². The fraction of sp³-hybridized carbons (Fsp3) is 0.833. The Kier molecular flexibility index (Phi) is 6.08. The Hall–Kier alpha value is -1.06. The van der Waals surface area contributed by atoms with E-state index >= 15 is 0 Å². The lowest BCUT2D eigenvalue weighted by atomic mass is 9.89. The molecule has 0 rings (SSSR count). The van der Waals surface area contributed by atoms with Gasteiger partial charge >= 0.3 is 11.9 Å². The SMILES string of the molecule is CCCC(=O)OC(C)(C)C(C)CC(=O)OC. The molecule has 0 aromatic heterocycles. The van der Waals surface area contributed by atoms with Gasteiger partial charge in [0, 0.05) is 12.3 Å². The van der Waals surface area contributed by atoms with Crippen molar-refractivity contribution in [1.29, 1.82) is 0 Å². The third kappa shape index (κ3) is 5.14. The van der Waals surface area contributed by atoms with E-state index in [0.717, 1.165) is 6.42 Å². The van der Waals surface area contributed by atoms with E-state index < -0.39 is 5.60 Å². The molecule has 0 aliphatic heterocycles. The molecule has 1 atom stereocenters. The molecule has 0 radical (unpaired) electrons. The molecule has 4 heteroatoms. The maximum Gasteiger partial charge on any atom is 0.306 e. The molecule has 0 N–H and O–H groups in total. The van der Waals surface area contributed by atoms with Crippen LogP contribution in [0.5, 0.6) is 0 Å². The van der Waals surface area contributed by atoms with Crippen molar-refractivity contribution in [1.82, 2.24) is 0 Å². The zero-order valence-electron chi connectivity index (χ0n) is 10.8. The highest BCUT2D eigenvalue weighted by Gasteiger charge is 2.31. The summed E-state index contributed by atoms with van der Waals surface area (Å²) in [4.78, 5) is 22.5. The lowest BCUT2D eigenvalue weighted by Gasteiger charge is -2.31. The maximum atomic E-state index is 11.4. The van der Waals surface area contributed by atoms with Gasteiger partial charge in [-0.2, -0.15) is 0 Å². The van der Waals surface area contributed by atoms with Gasteiger partial charge in [-0.3, -0.25) is 9.59 Å². The normalized spacial score (nSPS) is 13.1. The molecule has 4 nitrogen and oxygen atoms in total. The van der Waals surface area contributed by atoms with Gasteiger partial charge in [0.05, 0.1) is 13.5 Å². The summed E-state index contributed by atoms with van der Waals surface area (Å²) in [5, 5.41) is 0. The monoisotopic (exact) mass is 230 g/mol. The van der Waals surface area contributed by atoms with Gasteiger partial charge in [-0.05, 0) is 20.3 Å². The van der Waals surface area contributed by atoms with Crippen LogP contribution in [0.15, 0.2) is 0 Å². The average molecular weight is 230 g/mol. The second kappa shape index (κ2) is 6.51. The first-order valence-corrected chi connectivity index (χ1v) is 5.62. The highest BCUT2D eigenvalue weighted by atomic mass is 16.6. The lowest BCUT2D eigenvalue weighted by Crippen LogP contribution is -2.36. The molecular formula is C12H22O4. The zero-order valence-corrected chi connectivity index (χ0v) is 10.8. The van der Waals surface area contributed by atoms with Gasteiger partial charge in [0.15, 0.2) is 0 Å². The summed E-state index contributed by atoms with van der Waals surface area (Å²) in [5.74, 6) is -0.572. The average Bonchev–Trinajstić information content (AvgIpc) is 2.16. The van der Waals surface area contributed by atoms with Gasteiger partial charge < -0.3 is 9.47 Å². The molecular weight excluding hydrogens is 208 g/mol. The van der Waals surface area contributed by atoms with Gasteiger partial charge in [0.2, 0.25) is 0 Å². The van der Waals surface area contributed by atoms with E-state index in [1.807, 2.05) is 27.7 Å². The first-order chi connectivity index (χ1) is 7.33. The van der Waals surface area contributed by atoms with Gasteiger partial charge in [-0.15, -0.1) is 0 Å². The molecule has 1 unspecified atom stereocenters. The van der Waals surface area contributed by atoms with Crippen LogP contribution >= 0.6 is 0 Å². The number of esters is 2. The van der Waals surface area contributed by atoms with Crippen molar-refractivity contribution in [3.8, 4) is 0 Å². The topological polar surface area (TPSA) is 52.6 Å². The van der Waals surface area contributed by atoms with Crippen molar-refractivity contribution in [3.05, 3.63) is 0 Å². The van der Waals surface area contributed by atoms with Crippen molar-refractivity contribution in [3.63, 3.8) is 0 Å². The summed E-state index contributed by atoms with van der Waals surface area (Å²) in [6, 6.07) is 0. The van der Waals surface area contributed by atoms with Crippen molar-refractivity contribution in [2.45, 2.75) is 52.6 Å². The molecule has 0 bridgehead atoms. The molecule has 16 heavy (non-hydrogen) atoms. The number of rotatable bonds is 6. The van der Waals surface area contributed by atoms with E-state index in [-0.39, 0.29) is 24.3 Å². The number of ether oxygens (including phenoxy) is 2. The van der Waals surface area contributed by atoms with E-state index in [1.165, 1.54) is 7.11 Å². The predicted molar refractivity (Wildman–Crippen MR) is 60.9 cm³/mol. The Labute approximate surface area is 97.3 Å². The molecule has 0 aliphatic carbocycles. The molecule has 0 saturated carbocycles. The van der Waals surface area contributed by atoms with E-state index in [1.54, 1.807) is 0 Å². The second-order valence-electron chi connectivity index (χ2n) is 4.51. The number of carbonyl (C=O) groups excluding carboxylic acids is 2. The fourth-order valence-corrected chi connectivity index (χ4v) is 1.23. The van der Waals surface area contributed by atoms with Crippen molar-refractivity contribution >= 4 is 11.9 Å². The lowest BCUT2D eigenvalue weighted by molar-refractivity contribution is -0.164. The number of carbonyl (C=O) groups is 2. The van der Waals surface area contributed by atoms with Gasteiger partial charge in [-0.25, -0.2) is 0 Å². The molecule has 0 amide bonds. The van der Waals surface area contributed by atoms with Gasteiger partial charge in [0.25, 0.3) is 0 Å². The zero-order chi connectivity index (χ0) is 12.8. The summed E-state index contributed by atoms with van der Waals surface area (Å²) in [5.41, 5.74) is -0.638. The second-order valence-corrected chi connectivity index (χ2v) is 4.51. The Morgan fingerprint density at radius 2 is 1.81 bits per heavy atom. The maximum absolute atomic E-state index is 11.4. The molecule has 0 fully saturated rings. The van der Waals surface area contributed by atoms with E-state index in [9.17, 15) is 9.59 Å². The summed E-state index contributed by atoms with van der Waals surface area (Å²) in [6.07, 6.45) is 1.43. The largest absolute Gasteiger partial charge is 0.469 e. The van der Waals surface area contributed by atoms with Crippen LogP contribution in [0.25, 0.3) is 0 Å². The number of methoxy groups -OCH3 is 1. The van der Waals surface area contributed by atoms with E-state index in [4.69, 9.17) is 4.74 Å². The summed E-state index contributed by atoms with van der Waals surface area (Å²) in [7, 11) is 1.35. The fourth-order valence-electron chi connectivity index (χ4n) is 1.23. The molecule has 0 aromatic carbocycles.